The molecular weight excluding hydrogens is 242 g/mol. The van der Waals surface area contributed by atoms with Crippen LogP contribution < -0.4 is 5.32 Å². The molecule has 3 rings (SSSR count). The third-order valence-electron chi connectivity index (χ3n) is 4.26. The molecule has 1 unspecified atom stereocenters. The maximum Gasteiger partial charge on any atom is 0.223 e. The number of hydrogen-bond donors (Lipinski definition) is 2. The molecule has 1 amide bonds. The first kappa shape index (κ1) is 12.7. The van der Waals surface area contributed by atoms with E-state index < -0.39 is 0 Å². The van der Waals surface area contributed by atoms with Crippen LogP contribution in [0.4, 0.5) is 0 Å². The highest BCUT2D eigenvalue weighted by molar-refractivity contribution is 5.79. The lowest BCUT2D eigenvalue weighted by atomic mass is 9.89. The molecule has 2 N–H and O–H groups in total. The van der Waals surface area contributed by atoms with Gasteiger partial charge in [-0.2, -0.15) is 0 Å². The van der Waals surface area contributed by atoms with Gasteiger partial charge in [-0.05, 0) is 31.6 Å². The first-order valence-corrected chi connectivity index (χ1v) is 7.19. The standard InChI is InChI=1S/C14H21N3O2/c18-14(15-8-10-3-5-19-6-4-10)11-1-2-12-13(7-11)17-9-16-12/h9-11H,1-8H2,(H,15,18)(H,16,17). The molecule has 1 aromatic heterocycles. The summed E-state index contributed by atoms with van der Waals surface area (Å²) in [6.07, 6.45) is 6.48. The van der Waals surface area contributed by atoms with Crippen molar-refractivity contribution >= 4 is 5.91 Å². The molecular formula is C14H21N3O2. The number of ether oxygens (including phenoxy) is 1. The van der Waals surface area contributed by atoms with E-state index in [1.165, 1.54) is 0 Å². The van der Waals surface area contributed by atoms with Gasteiger partial charge in [-0.3, -0.25) is 4.79 Å². The van der Waals surface area contributed by atoms with Crippen LogP contribution in [-0.4, -0.2) is 35.6 Å². The van der Waals surface area contributed by atoms with Crippen LogP contribution >= 0.6 is 0 Å². The number of H-pyrrole nitrogens is 1. The second-order valence-corrected chi connectivity index (χ2v) is 5.57. The summed E-state index contributed by atoms with van der Waals surface area (Å²) in [6.45, 7) is 2.47. The molecule has 104 valence electrons. The Morgan fingerprint density at radius 2 is 2.26 bits per heavy atom. The summed E-state index contributed by atoms with van der Waals surface area (Å²) in [5, 5.41) is 3.12. The van der Waals surface area contributed by atoms with Crippen LogP contribution in [0.15, 0.2) is 6.33 Å². The molecule has 19 heavy (non-hydrogen) atoms. The van der Waals surface area contributed by atoms with E-state index in [0.717, 1.165) is 63.3 Å². The Hall–Kier alpha value is -1.36. The summed E-state index contributed by atoms with van der Waals surface area (Å²) in [5.41, 5.74) is 2.27. The lowest BCUT2D eigenvalue weighted by molar-refractivity contribution is -0.125. The van der Waals surface area contributed by atoms with Crippen molar-refractivity contribution in [3.05, 3.63) is 17.7 Å². The van der Waals surface area contributed by atoms with Crippen LogP contribution in [0.5, 0.6) is 0 Å². The van der Waals surface area contributed by atoms with Crippen molar-refractivity contribution in [2.75, 3.05) is 19.8 Å². The van der Waals surface area contributed by atoms with Gasteiger partial charge in [0.2, 0.25) is 5.91 Å². The molecule has 2 heterocycles. The van der Waals surface area contributed by atoms with Crippen molar-refractivity contribution < 1.29 is 9.53 Å². The van der Waals surface area contributed by atoms with E-state index >= 15 is 0 Å². The number of nitrogens with one attached hydrogen (secondary N) is 2. The summed E-state index contributed by atoms with van der Waals surface area (Å²) in [6, 6.07) is 0. The summed E-state index contributed by atoms with van der Waals surface area (Å²) >= 11 is 0. The van der Waals surface area contributed by atoms with E-state index in [-0.39, 0.29) is 11.8 Å². The molecule has 1 aromatic rings. The van der Waals surface area contributed by atoms with Crippen LogP contribution in [0.2, 0.25) is 0 Å². The number of carbonyl (C=O) groups is 1. The maximum atomic E-state index is 12.2. The van der Waals surface area contributed by atoms with Crippen molar-refractivity contribution in [2.45, 2.75) is 32.1 Å². The minimum atomic E-state index is 0.104. The Labute approximate surface area is 113 Å². The second-order valence-electron chi connectivity index (χ2n) is 5.57. The Bertz CT molecular complexity index is 438. The highest BCUT2D eigenvalue weighted by Crippen LogP contribution is 2.23. The van der Waals surface area contributed by atoms with Crippen molar-refractivity contribution in [1.29, 1.82) is 0 Å². The predicted octanol–water partition coefficient (Wildman–Crippen LogP) is 1.06. The maximum absolute atomic E-state index is 12.2. The van der Waals surface area contributed by atoms with Crippen molar-refractivity contribution in [3.63, 3.8) is 0 Å². The smallest absolute Gasteiger partial charge is 0.223 e. The van der Waals surface area contributed by atoms with Crippen molar-refractivity contribution in [3.8, 4) is 0 Å². The van der Waals surface area contributed by atoms with E-state index in [2.05, 4.69) is 15.3 Å². The summed E-state index contributed by atoms with van der Waals surface area (Å²) in [7, 11) is 0. The van der Waals surface area contributed by atoms with Crippen molar-refractivity contribution in [2.24, 2.45) is 11.8 Å². The van der Waals surface area contributed by atoms with Crippen LogP contribution in [0.3, 0.4) is 0 Å². The third-order valence-corrected chi connectivity index (χ3v) is 4.26. The summed E-state index contributed by atoms with van der Waals surface area (Å²) < 4.78 is 5.33. The number of nitrogens with zero attached hydrogens (tertiary/aromatic N) is 1. The van der Waals surface area contributed by atoms with Gasteiger partial charge in [0.25, 0.3) is 0 Å². The topological polar surface area (TPSA) is 67.0 Å². The molecule has 1 saturated heterocycles. The normalized spacial score (nSPS) is 23.9. The van der Waals surface area contributed by atoms with Gasteiger partial charge in [0.05, 0.1) is 12.0 Å². The molecule has 0 saturated carbocycles. The van der Waals surface area contributed by atoms with E-state index in [0.29, 0.717) is 5.92 Å². The number of imidazole rings is 1. The zero-order valence-corrected chi connectivity index (χ0v) is 11.2. The van der Waals surface area contributed by atoms with Gasteiger partial charge in [0.1, 0.15) is 0 Å². The number of aromatic amines is 1. The molecule has 0 spiro atoms. The molecule has 0 bridgehead atoms. The molecule has 1 aliphatic heterocycles. The van der Waals surface area contributed by atoms with Gasteiger partial charge >= 0.3 is 0 Å². The minimum absolute atomic E-state index is 0.104. The van der Waals surface area contributed by atoms with Gasteiger partial charge < -0.3 is 15.0 Å². The molecule has 0 radical (unpaired) electrons. The third kappa shape index (κ3) is 2.97. The lowest BCUT2D eigenvalue weighted by Crippen LogP contribution is -2.38. The predicted molar refractivity (Wildman–Crippen MR) is 70.7 cm³/mol. The number of fused-ring (bicyclic) bond motifs is 1. The SMILES string of the molecule is O=C(NCC1CCOCC1)C1CCc2nc[nH]c2C1. The van der Waals surface area contributed by atoms with Crippen LogP contribution in [0.25, 0.3) is 0 Å². The number of aromatic nitrogens is 2. The molecule has 1 atom stereocenters. The number of rotatable bonds is 3. The van der Waals surface area contributed by atoms with Gasteiger partial charge in [0, 0.05) is 37.8 Å². The summed E-state index contributed by atoms with van der Waals surface area (Å²) in [4.78, 5) is 19.6. The van der Waals surface area contributed by atoms with Crippen molar-refractivity contribution in [1.82, 2.24) is 15.3 Å². The number of amides is 1. The Kier molecular flexibility index (Phi) is 3.82. The van der Waals surface area contributed by atoms with Gasteiger partial charge in [-0.15, -0.1) is 0 Å². The molecule has 1 fully saturated rings. The zero-order chi connectivity index (χ0) is 13.1. The van der Waals surface area contributed by atoms with E-state index in [1.807, 2.05) is 0 Å². The number of hydrogen-bond acceptors (Lipinski definition) is 3. The van der Waals surface area contributed by atoms with Gasteiger partial charge in [-0.1, -0.05) is 0 Å². The second kappa shape index (κ2) is 5.74. The Balaban J connectivity index is 1.48. The highest BCUT2D eigenvalue weighted by Gasteiger charge is 2.26. The number of carbonyl (C=O) groups excluding carboxylic acids is 1. The fraction of sp³-hybridized carbons (Fsp3) is 0.714. The molecule has 0 aromatic carbocycles. The molecule has 2 aliphatic rings. The monoisotopic (exact) mass is 263 g/mol. The number of aryl methyl sites for hydroxylation is 1. The molecule has 5 nitrogen and oxygen atoms in total. The van der Waals surface area contributed by atoms with Crippen LogP contribution in [0.1, 0.15) is 30.7 Å². The summed E-state index contributed by atoms with van der Waals surface area (Å²) in [5.74, 6) is 0.892. The first-order valence-electron chi connectivity index (χ1n) is 7.19. The van der Waals surface area contributed by atoms with E-state index in [1.54, 1.807) is 6.33 Å². The Morgan fingerprint density at radius 1 is 1.42 bits per heavy atom. The average Bonchev–Trinajstić information content (AvgIpc) is 2.93. The van der Waals surface area contributed by atoms with Gasteiger partial charge in [-0.25, -0.2) is 4.98 Å². The quantitative estimate of drug-likeness (QED) is 0.857. The average molecular weight is 263 g/mol. The van der Waals surface area contributed by atoms with Gasteiger partial charge in [0.15, 0.2) is 0 Å². The molecule has 1 aliphatic carbocycles. The van der Waals surface area contributed by atoms with E-state index in [4.69, 9.17) is 4.74 Å². The highest BCUT2D eigenvalue weighted by atomic mass is 16.5. The Morgan fingerprint density at radius 3 is 3.11 bits per heavy atom. The van der Waals surface area contributed by atoms with Crippen LogP contribution in [0, 0.1) is 11.8 Å². The van der Waals surface area contributed by atoms with E-state index in [9.17, 15) is 4.79 Å². The lowest BCUT2D eigenvalue weighted by Gasteiger charge is -2.25. The molecule has 5 heteroatoms. The zero-order valence-electron chi connectivity index (χ0n) is 11.2. The fourth-order valence-electron chi connectivity index (χ4n) is 2.96. The minimum Gasteiger partial charge on any atom is -0.381 e. The van der Waals surface area contributed by atoms with Crippen LogP contribution in [-0.2, 0) is 22.4 Å². The fourth-order valence-corrected chi connectivity index (χ4v) is 2.96. The largest absolute Gasteiger partial charge is 0.381 e. The first-order chi connectivity index (χ1) is 9.33.